The maximum Gasteiger partial charge on any atom is 0.282 e. The minimum atomic E-state index is -0.108. The number of hydrogen-bond donors (Lipinski definition) is 1. The number of rotatable bonds is 3. The van der Waals surface area contributed by atoms with E-state index in [9.17, 15) is 4.79 Å². The van der Waals surface area contributed by atoms with Gasteiger partial charge in [0.15, 0.2) is 0 Å². The minimum absolute atomic E-state index is 0.108. The van der Waals surface area contributed by atoms with Crippen molar-refractivity contribution < 1.29 is 0 Å². The first-order chi connectivity index (χ1) is 7.52. The molecule has 1 aliphatic rings. The van der Waals surface area contributed by atoms with Gasteiger partial charge < -0.3 is 5.32 Å². The molecule has 0 saturated heterocycles. The number of halogens is 1. The first-order valence-electron chi connectivity index (χ1n) is 5.48. The lowest BCUT2D eigenvalue weighted by Crippen LogP contribution is -2.34. The number of anilines is 1. The number of nitrogens with zero attached hydrogens (tertiary/aromatic N) is 2. The SMILES string of the molecule is Cn1ncc(NCC2(C)CCC2)c(Br)c1=O. The van der Waals surface area contributed by atoms with Crippen molar-refractivity contribution in [3.05, 3.63) is 21.0 Å². The normalized spacial score (nSPS) is 17.9. The molecule has 1 N–H and O–H groups in total. The van der Waals surface area contributed by atoms with E-state index in [0.717, 1.165) is 12.2 Å². The third-order valence-corrected chi connectivity index (χ3v) is 4.11. The van der Waals surface area contributed by atoms with Gasteiger partial charge in [-0.1, -0.05) is 13.3 Å². The highest BCUT2D eigenvalue weighted by Crippen LogP contribution is 2.40. The smallest absolute Gasteiger partial charge is 0.282 e. The molecule has 0 aromatic carbocycles. The maximum atomic E-state index is 11.6. The highest BCUT2D eigenvalue weighted by atomic mass is 79.9. The summed E-state index contributed by atoms with van der Waals surface area (Å²) in [5.74, 6) is 0. The van der Waals surface area contributed by atoms with Crippen molar-refractivity contribution in [3.8, 4) is 0 Å². The van der Waals surface area contributed by atoms with Gasteiger partial charge in [0, 0.05) is 13.6 Å². The average Bonchev–Trinajstić information content (AvgIpc) is 2.22. The maximum absolute atomic E-state index is 11.6. The molecule has 1 saturated carbocycles. The zero-order valence-electron chi connectivity index (χ0n) is 9.59. The number of nitrogens with one attached hydrogen (secondary N) is 1. The second-order valence-corrected chi connectivity index (χ2v) is 5.61. The summed E-state index contributed by atoms with van der Waals surface area (Å²) in [6.45, 7) is 3.17. The second-order valence-electron chi connectivity index (χ2n) is 4.82. The fourth-order valence-corrected chi connectivity index (χ4v) is 2.40. The Bertz CT molecular complexity index is 451. The molecule has 0 radical (unpaired) electrons. The fraction of sp³-hybridized carbons (Fsp3) is 0.636. The Morgan fingerprint density at radius 2 is 2.31 bits per heavy atom. The Kier molecular flexibility index (Phi) is 3.06. The summed E-state index contributed by atoms with van der Waals surface area (Å²) in [7, 11) is 1.64. The van der Waals surface area contributed by atoms with Gasteiger partial charge in [0.1, 0.15) is 4.47 Å². The van der Waals surface area contributed by atoms with Gasteiger partial charge in [0.25, 0.3) is 5.56 Å². The summed E-state index contributed by atoms with van der Waals surface area (Å²) in [4.78, 5) is 11.6. The number of aromatic nitrogens is 2. The fourth-order valence-electron chi connectivity index (χ4n) is 1.90. The largest absolute Gasteiger partial charge is 0.382 e. The lowest BCUT2D eigenvalue weighted by atomic mass is 9.70. The van der Waals surface area contributed by atoms with Crippen LogP contribution in [0.3, 0.4) is 0 Å². The standard InChI is InChI=1S/C11H16BrN3O/c1-11(4-3-5-11)7-13-8-6-14-15(2)10(16)9(8)12/h6,13H,3-5,7H2,1-2H3. The van der Waals surface area contributed by atoms with Gasteiger partial charge in [0.2, 0.25) is 0 Å². The third kappa shape index (κ3) is 2.14. The van der Waals surface area contributed by atoms with Gasteiger partial charge in [0.05, 0.1) is 11.9 Å². The number of aryl methyl sites for hydroxylation is 1. The molecule has 2 rings (SSSR count). The Balaban J connectivity index is 2.10. The minimum Gasteiger partial charge on any atom is -0.382 e. The summed E-state index contributed by atoms with van der Waals surface area (Å²) >= 11 is 3.30. The molecule has 0 atom stereocenters. The van der Waals surface area contributed by atoms with Crippen molar-refractivity contribution in [1.29, 1.82) is 0 Å². The molecule has 5 heteroatoms. The Morgan fingerprint density at radius 1 is 1.62 bits per heavy atom. The lowest BCUT2D eigenvalue weighted by Gasteiger charge is -2.38. The third-order valence-electron chi connectivity index (χ3n) is 3.34. The highest BCUT2D eigenvalue weighted by molar-refractivity contribution is 9.10. The molecule has 1 heterocycles. The summed E-state index contributed by atoms with van der Waals surface area (Å²) in [5.41, 5.74) is 1.07. The van der Waals surface area contributed by atoms with Gasteiger partial charge in [-0.15, -0.1) is 0 Å². The summed E-state index contributed by atoms with van der Waals surface area (Å²) in [6, 6.07) is 0. The van der Waals surface area contributed by atoms with E-state index in [1.807, 2.05) is 0 Å². The van der Waals surface area contributed by atoms with E-state index in [0.29, 0.717) is 9.89 Å². The van der Waals surface area contributed by atoms with Crippen LogP contribution in [-0.2, 0) is 7.05 Å². The van der Waals surface area contributed by atoms with Crippen molar-refractivity contribution in [3.63, 3.8) is 0 Å². The second kappa shape index (κ2) is 4.20. The molecule has 1 aliphatic carbocycles. The van der Waals surface area contributed by atoms with Crippen LogP contribution >= 0.6 is 15.9 Å². The van der Waals surface area contributed by atoms with Crippen molar-refractivity contribution >= 4 is 21.6 Å². The van der Waals surface area contributed by atoms with Crippen LogP contribution in [0.5, 0.6) is 0 Å². The molecule has 0 unspecified atom stereocenters. The predicted molar refractivity (Wildman–Crippen MR) is 67.6 cm³/mol. The van der Waals surface area contributed by atoms with Gasteiger partial charge in [-0.3, -0.25) is 4.79 Å². The molecular weight excluding hydrogens is 270 g/mol. The van der Waals surface area contributed by atoms with Crippen LogP contribution in [-0.4, -0.2) is 16.3 Å². The molecule has 0 bridgehead atoms. The molecule has 0 spiro atoms. The van der Waals surface area contributed by atoms with Gasteiger partial charge in [-0.2, -0.15) is 5.10 Å². The highest BCUT2D eigenvalue weighted by Gasteiger charge is 2.31. The van der Waals surface area contributed by atoms with E-state index in [1.54, 1.807) is 13.2 Å². The summed E-state index contributed by atoms with van der Waals surface area (Å²) in [5, 5.41) is 7.30. The van der Waals surface area contributed by atoms with Crippen molar-refractivity contribution in [2.75, 3.05) is 11.9 Å². The van der Waals surface area contributed by atoms with Crippen LogP contribution in [0.25, 0.3) is 0 Å². The zero-order chi connectivity index (χ0) is 11.8. The van der Waals surface area contributed by atoms with Crippen molar-refractivity contribution in [2.24, 2.45) is 12.5 Å². The van der Waals surface area contributed by atoms with Crippen LogP contribution in [0.2, 0.25) is 0 Å². The van der Waals surface area contributed by atoms with Crippen LogP contribution < -0.4 is 10.9 Å². The van der Waals surface area contributed by atoms with Crippen LogP contribution in [0.1, 0.15) is 26.2 Å². The molecular formula is C11H16BrN3O. The molecule has 4 nitrogen and oxygen atoms in total. The molecule has 1 aromatic heterocycles. The molecule has 1 aromatic rings. The monoisotopic (exact) mass is 285 g/mol. The van der Waals surface area contributed by atoms with Crippen molar-refractivity contribution in [1.82, 2.24) is 9.78 Å². The topological polar surface area (TPSA) is 46.9 Å². The van der Waals surface area contributed by atoms with Crippen LogP contribution in [0, 0.1) is 5.41 Å². The quantitative estimate of drug-likeness (QED) is 0.926. The van der Waals surface area contributed by atoms with E-state index >= 15 is 0 Å². The lowest BCUT2D eigenvalue weighted by molar-refractivity contribution is 0.180. The summed E-state index contributed by atoms with van der Waals surface area (Å²) in [6.07, 6.45) is 5.52. The van der Waals surface area contributed by atoms with E-state index in [2.05, 4.69) is 33.3 Å². The van der Waals surface area contributed by atoms with E-state index < -0.39 is 0 Å². The van der Waals surface area contributed by atoms with Gasteiger partial charge >= 0.3 is 0 Å². The predicted octanol–water partition coefficient (Wildman–Crippen LogP) is 2.14. The van der Waals surface area contributed by atoms with E-state index in [4.69, 9.17) is 0 Å². The summed E-state index contributed by atoms with van der Waals surface area (Å²) < 4.78 is 1.88. The van der Waals surface area contributed by atoms with Gasteiger partial charge in [-0.05, 0) is 34.2 Å². The van der Waals surface area contributed by atoms with Crippen LogP contribution in [0.4, 0.5) is 5.69 Å². The van der Waals surface area contributed by atoms with E-state index in [-0.39, 0.29) is 5.56 Å². The molecule has 88 valence electrons. The van der Waals surface area contributed by atoms with Crippen LogP contribution in [0.15, 0.2) is 15.5 Å². The molecule has 1 fully saturated rings. The molecule has 0 aliphatic heterocycles. The number of hydrogen-bond acceptors (Lipinski definition) is 3. The van der Waals surface area contributed by atoms with E-state index in [1.165, 1.54) is 23.9 Å². The van der Waals surface area contributed by atoms with Gasteiger partial charge in [-0.25, -0.2) is 4.68 Å². The van der Waals surface area contributed by atoms with Crippen molar-refractivity contribution in [2.45, 2.75) is 26.2 Å². The zero-order valence-corrected chi connectivity index (χ0v) is 11.2. The first-order valence-corrected chi connectivity index (χ1v) is 6.27. The average molecular weight is 286 g/mol. The Morgan fingerprint density at radius 3 is 2.88 bits per heavy atom. The first kappa shape index (κ1) is 11.6. The Labute approximate surface area is 103 Å². The Hall–Kier alpha value is -0.840. The molecule has 16 heavy (non-hydrogen) atoms. The molecule has 0 amide bonds.